The van der Waals surface area contributed by atoms with Crippen LogP contribution in [0.5, 0.6) is 0 Å². The molecular formula is C14H22N4O2. The number of fused-ring (bicyclic) bond motifs is 1. The molecule has 0 saturated carbocycles. The highest BCUT2D eigenvalue weighted by Crippen LogP contribution is 2.27. The lowest BCUT2D eigenvalue weighted by Gasteiger charge is -2.33. The number of morpholine rings is 1. The van der Waals surface area contributed by atoms with E-state index < -0.39 is 0 Å². The van der Waals surface area contributed by atoms with Crippen molar-refractivity contribution in [3.63, 3.8) is 0 Å². The molecule has 1 aromatic rings. The van der Waals surface area contributed by atoms with E-state index in [1.54, 1.807) is 0 Å². The molecule has 1 N–H and O–H groups in total. The van der Waals surface area contributed by atoms with E-state index in [4.69, 9.17) is 9.84 Å². The van der Waals surface area contributed by atoms with Gasteiger partial charge in [-0.05, 0) is 12.8 Å². The van der Waals surface area contributed by atoms with E-state index in [2.05, 4.69) is 31.0 Å². The summed E-state index contributed by atoms with van der Waals surface area (Å²) >= 11 is 0. The molecule has 3 heterocycles. The van der Waals surface area contributed by atoms with E-state index in [1.165, 1.54) is 0 Å². The molecule has 1 saturated heterocycles. The number of nitrogens with zero attached hydrogens (tertiary/aromatic N) is 3. The summed E-state index contributed by atoms with van der Waals surface area (Å²) in [6.45, 7) is 9.34. The van der Waals surface area contributed by atoms with Gasteiger partial charge in [0.1, 0.15) is 5.69 Å². The van der Waals surface area contributed by atoms with E-state index in [-0.39, 0.29) is 11.9 Å². The maximum absolute atomic E-state index is 12.0. The van der Waals surface area contributed by atoms with Crippen molar-refractivity contribution in [3.05, 3.63) is 11.8 Å². The van der Waals surface area contributed by atoms with Gasteiger partial charge in [0.2, 0.25) is 0 Å². The number of rotatable bonds is 2. The summed E-state index contributed by atoms with van der Waals surface area (Å²) < 4.78 is 7.36. The lowest BCUT2D eigenvalue weighted by molar-refractivity contribution is 0.0897. The summed E-state index contributed by atoms with van der Waals surface area (Å²) in [4.78, 5) is 14.2. The average Bonchev–Trinajstić information content (AvgIpc) is 2.84. The number of hydrogen-bond acceptors (Lipinski definition) is 4. The van der Waals surface area contributed by atoms with Crippen molar-refractivity contribution in [1.29, 1.82) is 0 Å². The van der Waals surface area contributed by atoms with Gasteiger partial charge >= 0.3 is 0 Å². The van der Waals surface area contributed by atoms with Crippen LogP contribution in [0.25, 0.3) is 0 Å². The highest BCUT2D eigenvalue weighted by molar-refractivity contribution is 5.94. The van der Waals surface area contributed by atoms with Crippen LogP contribution in [0.15, 0.2) is 6.07 Å². The predicted molar refractivity (Wildman–Crippen MR) is 76.1 cm³/mol. The van der Waals surface area contributed by atoms with Crippen LogP contribution >= 0.6 is 0 Å². The third-order valence-electron chi connectivity index (χ3n) is 4.17. The molecule has 2 aliphatic rings. The third kappa shape index (κ3) is 2.18. The molecule has 6 heteroatoms. The summed E-state index contributed by atoms with van der Waals surface area (Å²) in [7, 11) is 0. The molecule has 1 fully saturated rings. The van der Waals surface area contributed by atoms with E-state index in [1.807, 2.05) is 10.7 Å². The molecule has 0 aliphatic carbocycles. The van der Waals surface area contributed by atoms with Crippen molar-refractivity contribution < 1.29 is 9.53 Å². The summed E-state index contributed by atoms with van der Waals surface area (Å²) in [6.07, 6.45) is 0. The standard InChI is InChI=1S/C14H22N4O2/c1-9(2)12-7-15-14(19)11-6-13(16-18(11)12)17-4-5-20-8-10(17)3/h6,9-10,12H,4-5,7-8H2,1-3H3,(H,15,19)/t10-,12+/m1/s1. The van der Waals surface area contributed by atoms with Crippen molar-refractivity contribution in [1.82, 2.24) is 15.1 Å². The quantitative estimate of drug-likeness (QED) is 0.878. The Bertz CT molecular complexity index is 511. The van der Waals surface area contributed by atoms with Crippen molar-refractivity contribution in [3.8, 4) is 0 Å². The van der Waals surface area contributed by atoms with Gasteiger partial charge in [-0.2, -0.15) is 5.10 Å². The molecular weight excluding hydrogens is 256 g/mol. The molecule has 0 spiro atoms. The minimum absolute atomic E-state index is 0.0263. The fourth-order valence-corrected chi connectivity index (χ4v) is 2.90. The molecule has 1 aromatic heterocycles. The molecule has 6 nitrogen and oxygen atoms in total. The Hall–Kier alpha value is -1.56. The Morgan fingerprint density at radius 2 is 2.30 bits per heavy atom. The van der Waals surface area contributed by atoms with Gasteiger partial charge in [0.05, 0.1) is 25.3 Å². The van der Waals surface area contributed by atoms with Gasteiger partial charge in [-0.1, -0.05) is 13.8 Å². The number of ether oxygens (including phenoxy) is 1. The highest BCUT2D eigenvalue weighted by atomic mass is 16.5. The monoisotopic (exact) mass is 278 g/mol. The average molecular weight is 278 g/mol. The van der Waals surface area contributed by atoms with Crippen molar-refractivity contribution >= 4 is 11.7 Å². The molecule has 0 bridgehead atoms. The van der Waals surface area contributed by atoms with Crippen LogP contribution < -0.4 is 10.2 Å². The number of amides is 1. The van der Waals surface area contributed by atoms with Crippen molar-refractivity contribution in [2.45, 2.75) is 32.9 Å². The second kappa shape index (κ2) is 5.09. The first-order valence-electron chi connectivity index (χ1n) is 7.30. The van der Waals surface area contributed by atoms with Gasteiger partial charge in [0.25, 0.3) is 5.91 Å². The maximum atomic E-state index is 12.0. The topological polar surface area (TPSA) is 59.4 Å². The number of hydrogen-bond donors (Lipinski definition) is 1. The van der Waals surface area contributed by atoms with Crippen LogP contribution in [-0.2, 0) is 4.74 Å². The number of carbonyl (C=O) groups is 1. The molecule has 1 amide bonds. The third-order valence-corrected chi connectivity index (χ3v) is 4.17. The van der Waals surface area contributed by atoms with Gasteiger partial charge in [-0.15, -0.1) is 0 Å². The Kier molecular flexibility index (Phi) is 3.41. The first kappa shape index (κ1) is 13.4. The van der Waals surface area contributed by atoms with Crippen molar-refractivity contribution in [2.24, 2.45) is 5.92 Å². The maximum Gasteiger partial charge on any atom is 0.269 e. The molecule has 0 unspecified atom stereocenters. The zero-order chi connectivity index (χ0) is 14.3. The SMILES string of the molecule is CC(C)[C@@H]1CNC(=O)c2cc(N3CCOC[C@H]3C)nn21. The summed E-state index contributed by atoms with van der Waals surface area (Å²) in [6, 6.07) is 2.43. The number of carbonyl (C=O) groups excluding carboxylic acids is 1. The molecule has 0 aromatic carbocycles. The number of nitrogens with one attached hydrogen (secondary N) is 1. The molecule has 0 radical (unpaired) electrons. The molecule has 2 atom stereocenters. The van der Waals surface area contributed by atoms with E-state index >= 15 is 0 Å². The zero-order valence-corrected chi connectivity index (χ0v) is 12.3. The smallest absolute Gasteiger partial charge is 0.269 e. The Morgan fingerprint density at radius 3 is 3.00 bits per heavy atom. The van der Waals surface area contributed by atoms with E-state index in [9.17, 15) is 4.79 Å². The van der Waals surface area contributed by atoms with Crippen LogP contribution in [0.4, 0.5) is 5.82 Å². The molecule has 110 valence electrons. The van der Waals surface area contributed by atoms with Crippen LogP contribution in [0.3, 0.4) is 0 Å². The fraction of sp³-hybridized carbons (Fsp3) is 0.714. The molecule has 20 heavy (non-hydrogen) atoms. The second-order valence-electron chi connectivity index (χ2n) is 5.97. The van der Waals surface area contributed by atoms with Crippen LogP contribution in [0, 0.1) is 5.92 Å². The van der Waals surface area contributed by atoms with Crippen LogP contribution in [0.2, 0.25) is 0 Å². The zero-order valence-electron chi connectivity index (χ0n) is 12.3. The van der Waals surface area contributed by atoms with Gasteiger partial charge in [-0.25, -0.2) is 0 Å². The van der Waals surface area contributed by atoms with Gasteiger partial charge in [0.15, 0.2) is 5.82 Å². The van der Waals surface area contributed by atoms with E-state index in [0.717, 1.165) is 12.4 Å². The second-order valence-corrected chi connectivity index (χ2v) is 5.97. The number of anilines is 1. The minimum atomic E-state index is -0.0263. The first-order chi connectivity index (χ1) is 9.58. The Labute approximate surface area is 119 Å². The fourth-order valence-electron chi connectivity index (χ4n) is 2.90. The lowest BCUT2D eigenvalue weighted by Crippen LogP contribution is -2.44. The number of aromatic nitrogens is 2. The molecule has 3 rings (SSSR count). The highest BCUT2D eigenvalue weighted by Gasteiger charge is 2.31. The molecule has 2 aliphatic heterocycles. The van der Waals surface area contributed by atoms with Crippen molar-refractivity contribution in [2.75, 3.05) is 31.2 Å². The first-order valence-corrected chi connectivity index (χ1v) is 7.30. The summed E-state index contributed by atoms with van der Waals surface area (Å²) in [5, 5.41) is 7.66. The van der Waals surface area contributed by atoms with Gasteiger partial charge in [-0.3, -0.25) is 9.48 Å². The minimum Gasteiger partial charge on any atom is -0.377 e. The Balaban J connectivity index is 1.95. The van der Waals surface area contributed by atoms with Crippen LogP contribution in [0.1, 0.15) is 37.3 Å². The summed E-state index contributed by atoms with van der Waals surface area (Å²) in [5.41, 5.74) is 0.670. The Morgan fingerprint density at radius 1 is 1.50 bits per heavy atom. The van der Waals surface area contributed by atoms with Crippen LogP contribution in [-0.4, -0.2) is 48.0 Å². The van der Waals surface area contributed by atoms with E-state index in [0.29, 0.717) is 37.4 Å². The van der Waals surface area contributed by atoms with Gasteiger partial charge < -0.3 is 15.0 Å². The lowest BCUT2D eigenvalue weighted by atomic mass is 10.0. The predicted octanol–water partition coefficient (Wildman–Crippen LogP) is 1.05. The summed E-state index contributed by atoms with van der Waals surface area (Å²) in [5.74, 6) is 1.30. The van der Waals surface area contributed by atoms with Gasteiger partial charge in [0, 0.05) is 19.2 Å². The normalized spacial score (nSPS) is 26.6. The largest absolute Gasteiger partial charge is 0.377 e.